The lowest BCUT2D eigenvalue weighted by molar-refractivity contribution is 0.315. The SMILES string of the molecule is CN(C)[C@@H]1CCN(c2ccc(C(C)(C)C)cc2F)C1. The summed E-state index contributed by atoms with van der Waals surface area (Å²) in [5.41, 5.74) is 1.80. The first kappa shape index (κ1) is 14.3. The Morgan fingerprint density at radius 1 is 1.26 bits per heavy atom. The lowest BCUT2D eigenvalue weighted by Crippen LogP contribution is -2.31. The molecule has 0 spiro atoms. The van der Waals surface area contributed by atoms with Gasteiger partial charge in [-0.15, -0.1) is 0 Å². The number of likely N-dealkylation sites (N-methyl/N-ethyl adjacent to an activating group) is 1. The van der Waals surface area contributed by atoms with Gasteiger partial charge in [0.25, 0.3) is 0 Å². The van der Waals surface area contributed by atoms with Crippen molar-refractivity contribution in [2.75, 3.05) is 32.1 Å². The number of anilines is 1. The van der Waals surface area contributed by atoms with Gasteiger partial charge in [0.15, 0.2) is 0 Å². The number of hydrogen-bond donors (Lipinski definition) is 0. The van der Waals surface area contributed by atoms with Gasteiger partial charge in [0.1, 0.15) is 5.82 Å². The molecule has 1 aromatic rings. The minimum absolute atomic E-state index is 0.00342. The van der Waals surface area contributed by atoms with Gasteiger partial charge in [-0.05, 0) is 43.6 Å². The summed E-state index contributed by atoms with van der Waals surface area (Å²) in [6.07, 6.45) is 1.10. The van der Waals surface area contributed by atoms with Gasteiger partial charge in [0.05, 0.1) is 5.69 Å². The summed E-state index contributed by atoms with van der Waals surface area (Å²) in [5, 5.41) is 0. The summed E-state index contributed by atoms with van der Waals surface area (Å²) < 4.78 is 14.3. The van der Waals surface area contributed by atoms with Crippen molar-refractivity contribution in [2.24, 2.45) is 0 Å². The summed E-state index contributed by atoms with van der Waals surface area (Å²) in [6, 6.07) is 6.22. The fourth-order valence-corrected chi connectivity index (χ4v) is 2.61. The van der Waals surface area contributed by atoms with Crippen LogP contribution in [0.1, 0.15) is 32.8 Å². The first-order chi connectivity index (χ1) is 8.79. The van der Waals surface area contributed by atoms with Crippen molar-refractivity contribution >= 4 is 5.69 Å². The lowest BCUT2D eigenvalue weighted by Gasteiger charge is -2.24. The van der Waals surface area contributed by atoms with Crippen LogP contribution in [0.4, 0.5) is 10.1 Å². The number of nitrogens with zero attached hydrogens (tertiary/aromatic N) is 2. The maximum absolute atomic E-state index is 14.3. The molecule has 0 saturated carbocycles. The van der Waals surface area contributed by atoms with Gasteiger partial charge >= 0.3 is 0 Å². The molecule has 3 heteroatoms. The van der Waals surface area contributed by atoms with E-state index < -0.39 is 0 Å². The van der Waals surface area contributed by atoms with E-state index in [0.717, 1.165) is 30.8 Å². The van der Waals surface area contributed by atoms with E-state index in [1.54, 1.807) is 6.07 Å². The zero-order valence-electron chi connectivity index (χ0n) is 12.7. The van der Waals surface area contributed by atoms with Crippen molar-refractivity contribution in [2.45, 2.75) is 38.6 Å². The smallest absolute Gasteiger partial charge is 0.146 e. The number of rotatable bonds is 2. The van der Waals surface area contributed by atoms with E-state index in [1.807, 2.05) is 6.07 Å². The van der Waals surface area contributed by atoms with Gasteiger partial charge in [0.2, 0.25) is 0 Å². The molecule has 1 aliphatic heterocycles. The van der Waals surface area contributed by atoms with Crippen molar-refractivity contribution in [3.63, 3.8) is 0 Å². The van der Waals surface area contributed by atoms with Gasteiger partial charge in [-0.3, -0.25) is 0 Å². The van der Waals surface area contributed by atoms with Crippen LogP contribution in [0.3, 0.4) is 0 Å². The molecule has 0 radical (unpaired) electrons. The Balaban J connectivity index is 2.19. The molecule has 106 valence electrons. The molecule has 0 aromatic heterocycles. The average molecular weight is 264 g/mol. The Bertz CT molecular complexity index is 449. The maximum Gasteiger partial charge on any atom is 0.146 e. The van der Waals surface area contributed by atoms with Gasteiger partial charge in [-0.2, -0.15) is 0 Å². The number of halogens is 1. The quantitative estimate of drug-likeness (QED) is 0.809. The zero-order valence-corrected chi connectivity index (χ0v) is 12.7. The van der Waals surface area contributed by atoms with Crippen LogP contribution in [0.5, 0.6) is 0 Å². The number of benzene rings is 1. The first-order valence-electron chi connectivity index (χ1n) is 7.00. The molecule has 0 amide bonds. The van der Waals surface area contributed by atoms with Gasteiger partial charge in [-0.1, -0.05) is 26.8 Å². The van der Waals surface area contributed by atoms with Gasteiger partial charge < -0.3 is 9.80 Å². The Morgan fingerprint density at radius 3 is 2.42 bits per heavy atom. The highest BCUT2D eigenvalue weighted by molar-refractivity contribution is 5.51. The van der Waals surface area contributed by atoms with Crippen LogP contribution in [0.2, 0.25) is 0 Å². The summed E-state index contributed by atoms with van der Waals surface area (Å²) in [7, 11) is 4.18. The predicted molar refractivity (Wildman–Crippen MR) is 79.4 cm³/mol. The summed E-state index contributed by atoms with van der Waals surface area (Å²) in [6.45, 7) is 8.19. The topological polar surface area (TPSA) is 6.48 Å². The monoisotopic (exact) mass is 264 g/mol. The van der Waals surface area contributed by atoms with Gasteiger partial charge in [-0.25, -0.2) is 4.39 Å². The molecule has 0 N–H and O–H groups in total. The Hall–Kier alpha value is -1.09. The average Bonchev–Trinajstić information content (AvgIpc) is 2.76. The standard InChI is InChI=1S/C16H25FN2/c1-16(2,3)12-6-7-15(14(17)10-12)19-9-8-13(11-19)18(4)5/h6-7,10,13H,8-9,11H2,1-5H3/t13-/m1/s1. The molecule has 1 aliphatic rings. The van der Waals surface area contributed by atoms with E-state index >= 15 is 0 Å². The molecule has 1 atom stereocenters. The molecule has 1 saturated heterocycles. The highest BCUT2D eigenvalue weighted by Crippen LogP contribution is 2.29. The van der Waals surface area contributed by atoms with Crippen molar-refractivity contribution in [1.82, 2.24) is 4.90 Å². The fourth-order valence-electron chi connectivity index (χ4n) is 2.61. The van der Waals surface area contributed by atoms with Crippen LogP contribution >= 0.6 is 0 Å². The Labute approximate surface area is 116 Å². The van der Waals surface area contributed by atoms with E-state index in [1.165, 1.54) is 0 Å². The van der Waals surface area contributed by atoms with E-state index in [-0.39, 0.29) is 11.2 Å². The van der Waals surface area contributed by atoms with Crippen LogP contribution in [-0.2, 0) is 5.41 Å². The van der Waals surface area contributed by atoms with Crippen LogP contribution in [0, 0.1) is 5.82 Å². The summed E-state index contributed by atoms with van der Waals surface area (Å²) >= 11 is 0. The minimum Gasteiger partial charge on any atom is -0.368 e. The minimum atomic E-state index is -0.0909. The molecule has 1 fully saturated rings. The van der Waals surface area contributed by atoms with Gasteiger partial charge in [0, 0.05) is 19.1 Å². The normalized spacial score (nSPS) is 20.4. The van der Waals surface area contributed by atoms with Crippen molar-refractivity contribution in [3.8, 4) is 0 Å². The van der Waals surface area contributed by atoms with Crippen LogP contribution in [0.15, 0.2) is 18.2 Å². The second kappa shape index (κ2) is 5.12. The molecule has 1 heterocycles. The third kappa shape index (κ3) is 3.08. The van der Waals surface area contributed by atoms with E-state index in [9.17, 15) is 4.39 Å². The Kier molecular flexibility index (Phi) is 3.86. The van der Waals surface area contributed by atoms with E-state index in [2.05, 4.69) is 50.7 Å². The molecule has 1 aromatic carbocycles. The molecular weight excluding hydrogens is 239 g/mol. The van der Waals surface area contributed by atoms with Crippen molar-refractivity contribution in [1.29, 1.82) is 0 Å². The highest BCUT2D eigenvalue weighted by Gasteiger charge is 2.26. The van der Waals surface area contributed by atoms with E-state index in [0.29, 0.717) is 6.04 Å². The summed E-state index contributed by atoms with van der Waals surface area (Å²) in [4.78, 5) is 4.38. The predicted octanol–water partition coefficient (Wildman–Crippen LogP) is 3.26. The fraction of sp³-hybridized carbons (Fsp3) is 0.625. The molecule has 0 unspecified atom stereocenters. The van der Waals surface area contributed by atoms with Crippen molar-refractivity contribution < 1.29 is 4.39 Å². The molecule has 19 heavy (non-hydrogen) atoms. The maximum atomic E-state index is 14.3. The van der Waals surface area contributed by atoms with Crippen molar-refractivity contribution in [3.05, 3.63) is 29.6 Å². The Morgan fingerprint density at radius 2 is 1.95 bits per heavy atom. The lowest BCUT2D eigenvalue weighted by atomic mass is 9.87. The molecule has 0 bridgehead atoms. The second-order valence-corrected chi connectivity index (χ2v) is 6.77. The third-order valence-corrected chi connectivity index (χ3v) is 4.05. The molecule has 0 aliphatic carbocycles. The van der Waals surface area contributed by atoms with Crippen LogP contribution in [-0.4, -0.2) is 38.1 Å². The van der Waals surface area contributed by atoms with E-state index in [4.69, 9.17) is 0 Å². The number of hydrogen-bond acceptors (Lipinski definition) is 2. The largest absolute Gasteiger partial charge is 0.368 e. The highest BCUT2D eigenvalue weighted by atomic mass is 19.1. The van der Waals surface area contributed by atoms with Crippen LogP contribution < -0.4 is 4.90 Å². The first-order valence-corrected chi connectivity index (χ1v) is 7.00. The molecular formula is C16H25FN2. The summed E-state index contributed by atoms with van der Waals surface area (Å²) in [5.74, 6) is -0.0909. The van der Waals surface area contributed by atoms with Crippen LogP contribution in [0.25, 0.3) is 0 Å². The zero-order chi connectivity index (χ0) is 14.2. The third-order valence-electron chi connectivity index (χ3n) is 4.05. The molecule has 2 rings (SSSR count). The second-order valence-electron chi connectivity index (χ2n) is 6.77. The molecule has 2 nitrogen and oxygen atoms in total.